The van der Waals surface area contributed by atoms with Crippen LogP contribution in [0.2, 0.25) is 0 Å². The van der Waals surface area contributed by atoms with Crippen LogP contribution >= 0.6 is 0 Å². The fourth-order valence-electron chi connectivity index (χ4n) is 5.12. The van der Waals surface area contributed by atoms with Crippen LogP contribution in [0.25, 0.3) is 0 Å². The maximum atomic E-state index is 5.59. The van der Waals surface area contributed by atoms with Gasteiger partial charge in [0.2, 0.25) is 5.89 Å². The van der Waals surface area contributed by atoms with E-state index < -0.39 is 0 Å². The van der Waals surface area contributed by atoms with Crippen molar-refractivity contribution in [1.29, 1.82) is 0 Å². The van der Waals surface area contributed by atoms with Gasteiger partial charge in [0, 0.05) is 18.4 Å². The topological polar surface area (TPSA) is 51.0 Å². The van der Waals surface area contributed by atoms with Crippen LogP contribution in [0.4, 0.5) is 0 Å². The first-order valence-corrected chi connectivity index (χ1v) is 8.83. The Morgan fingerprint density at radius 1 is 1.14 bits per heavy atom. The molecule has 3 aliphatic carbocycles. The molecule has 0 aliphatic heterocycles. The molecule has 4 heteroatoms. The monoisotopic (exact) mass is 289 g/mol. The van der Waals surface area contributed by atoms with Gasteiger partial charge in [-0.2, -0.15) is 4.98 Å². The minimum absolute atomic E-state index is 0.590. The highest BCUT2D eigenvalue weighted by atomic mass is 16.5. The molecule has 0 spiro atoms. The molecule has 4 nitrogen and oxygen atoms in total. The smallest absolute Gasteiger partial charge is 0.226 e. The van der Waals surface area contributed by atoms with Gasteiger partial charge in [-0.3, -0.25) is 0 Å². The third-order valence-corrected chi connectivity index (χ3v) is 6.27. The van der Waals surface area contributed by atoms with Crippen LogP contribution in [0.5, 0.6) is 0 Å². The average molecular weight is 289 g/mol. The molecule has 3 aliphatic rings. The lowest BCUT2D eigenvalue weighted by atomic mass is 9.82. The van der Waals surface area contributed by atoms with Crippen LogP contribution in [0.1, 0.15) is 69.0 Å². The standard InChI is InChI=1S/C17H27N3O/c1-18-15-5-3-2-4-13(15)10-16-19-17(20-21-16)14-9-11-6-7-12(14)8-11/h11-15,18H,2-10H2,1H3. The quantitative estimate of drug-likeness (QED) is 0.924. The second kappa shape index (κ2) is 5.71. The van der Waals surface area contributed by atoms with Gasteiger partial charge in [0.25, 0.3) is 0 Å². The van der Waals surface area contributed by atoms with Crippen molar-refractivity contribution >= 4 is 0 Å². The highest BCUT2D eigenvalue weighted by molar-refractivity contribution is 5.06. The molecule has 1 heterocycles. The summed E-state index contributed by atoms with van der Waals surface area (Å²) < 4.78 is 5.59. The van der Waals surface area contributed by atoms with Gasteiger partial charge < -0.3 is 9.84 Å². The first kappa shape index (κ1) is 13.7. The number of nitrogens with one attached hydrogen (secondary N) is 1. The van der Waals surface area contributed by atoms with Gasteiger partial charge in [-0.15, -0.1) is 0 Å². The van der Waals surface area contributed by atoms with E-state index in [1.807, 2.05) is 0 Å². The fourth-order valence-corrected chi connectivity index (χ4v) is 5.12. The lowest BCUT2D eigenvalue weighted by molar-refractivity contribution is 0.248. The Bertz CT molecular complexity index is 486. The lowest BCUT2D eigenvalue weighted by Gasteiger charge is -2.30. The number of hydrogen-bond donors (Lipinski definition) is 1. The summed E-state index contributed by atoms with van der Waals surface area (Å²) >= 11 is 0. The second-order valence-electron chi connectivity index (χ2n) is 7.47. The summed E-state index contributed by atoms with van der Waals surface area (Å²) in [5, 5.41) is 7.80. The van der Waals surface area contributed by atoms with Crippen molar-refractivity contribution in [2.24, 2.45) is 17.8 Å². The summed E-state index contributed by atoms with van der Waals surface area (Å²) in [6, 6.07) is 0.622. The van der Waals surface area contributed by atoms with Crippen LogP contribution in [0, 0.1) is 17.8 Å². The predicted octanol–water partition coefficient (Wildman–Crippen LogP) is 3.29. The zero-order valence-corrected chi connectivity index (χ0v) is 13.1. The molecule has 116 valence electrons. The molecule has 1 aromatic rings. The minimum Gasteiger partial charge on any atom is -0.339 e. The molecule has 21 heavy (non-hydrogen) atoms. The molecule has 0 amide bonds. The Hall–Kier alpha value is -0.900. The molecule has 0 saturated heterocycles. The second-order valence-corrected chi connectivity index (χ2v) is 7.47. The minimum atomic E-state index is 0.590. The number of hydrogen-bond acceptors (Lipinski definition) is 4. The third-order valence-electron chi connectivity index (χ3n) is 6.27. The van der Waals surface area contributed by atoms with Crippen molar-refractivity contribution in [3.05, 3.63) is 11.7 Å². The molecule has 4 rings (SSSR count). The molecule has 5 atom stereocenters. The summed E-state index contributed by atoms with van der Waals surface area (Å²) in [5.41, 5.74) is 0. The predicted molar refractivity (Wildman–Crippen MR) is 81.0 cm³/mol. The summed E-state index contributed by atoms with van der Waals surface area (Å²) in [5.74, 6) is 4.91. The van der Waals surface area contributed by atoms with Gasteiger partial charge in [-0.1, -0.05) is 24.4 Å². The van der Waals surface area contributed by atoms with Crippen molar-refractivity contribution in [3.8, 4) is 0 Å². The van der Waals surface area contributed by atoms with Crippen molar-refractivity contribution < 1.29 is 4.52 Å². The van der Waals surface area contributed by atoms with E-state index in [9.17, 15) is 0 Å². The molecule has 0 radical (unpaired) electrons. The molecule has 2 bridgehead atoms. The molecular weight excluding hydrogens is 262 g/mol. The normalized spacial score (nSPS) is 39.0. The van der Waals surface area contributed by atoms with E-state index in [1.165, 1.54) is 51.4 Å². The van der Waals surface area contributed by atoms with E-state index in [-0.39, 0.29) is 0 Å². The largest absolute Gasteiger partial charge is 0.339 e. The highest BCUT2D eigenvalue weighted by Crippen LogP contribution is 2.52. The zero-order valence-electron chi connectivity index (χ0n) is 13.1. The fraction of sp³-hybridized carbons (Fsp3) is 0.882. The van der Waals surface area contributed by atoms with Crippen molar-refractivity contribution in [2.45, 2.75) is 69.7 Å². The summed E-state index contributed by atoms with van der Waals surface area (Å²) in [6.45, 7) is 0. The van der Waals surface area contributed by atoms with Crippen molar-refractivity contribution in [1.82, 2.24) is 15.5 Å². The summed E-state index contributed by atoms with van der Waals surface area (Å²) in [7, 11) is 2.08. The van der Waals surface area contributed by atoms with Gasteiger partial charge in [0.1, 0.15) is 0 Å². The lowest BCUT2D eigenvalue weighted by Crippen LogP contribution is -2.37. The van der Waals surface area contributed by atoms with E-state index in [2.05, 4.69) is 17.5 Å². The molecule has 1 aromatic heterocycles. The molecule has 0 aromatic carbocycles. The molecular formula is C17H27N3O. The molecule has 3 saturated carbocycles. The number of rotatable bonds is 4. The van der Waals surface area contributed by atoms with Crippen LogP contribution in [-0.2, 0) is 6.42 Å². The Morgan fingerprint density at radius 3 is 2.81 bits per heavy atom. The van der Waals surface area contributed by atoms with Gasteiger partial charge >= 0.3 is 0 Å². The average Bonchev–Trinajstić information content (AvgIpc) is 3.23. The Morgan fingerprint density at radius 2 is 2.05 bits per heavy atom. The van der Waals surface area contributed by atoms with Crippen LogP contribution < -0.4 is 5.32 Å². The van der Waals surface area contributed by atoms with E-state index in [0.29, 0.717) is 17.9 Å². The summed E-state index contributed by atoms with van der Waals surface area (Å²) in [4.78, 5) is 4.77. The van der Waals surface area contributed by atoms with Crippen LogP contribution in [0.15, 0.2) is 4.52 Å². The number of nitrogens with zero attached hydrogens (tertiary/aromatic N) is 2. The van der Waals surface area contributed by atoms with Gasteiger partial charge in [-0.05, 0) is 56.9 Å². The molecule has 1 N–H and O–H groups in total. The zero-order chi connectivity index (χ0) is 14.2. The third kappa shape index (κ3) is 2.63. The van der Waals surface area contributed by atoms with Gasteiger partial charge in [0.15, 0.2) is 5.82 Å². The number of fused-ring (bicyclic) bond motifs is 2. The van der Waals surface area contributed by atoms with E-state index >= 15 is 0 Å². The van der Waals surface area contributed by atoms with Crippen LogP contribution in [0.3, 0.4) is 0 Å². The van der Waals surface area contributed by atoms with E-state index in [0.717, 1.165) is 30.0 Å². The maximum Gasteiger partial charge on any atom is 0.226 e. The van der Waals surface area contributed by atoms with Crippen molar-refractivity contribution in [3.63, 3.8) is 0 Å². The summed E-state index contributed by atoms with van der Waals surface area (Å²) in [6.07, 6.45) is 11.7. The van der Waals surface area contributed by atoms with Crippen molar-refractivity contribution in [2.75, 3.05) is 7.05 Å². The molecule has 5 unspecified atom stereocenters. The van der Waals surface area contributed by atoms with Gasteiger partial charge in [0.05, 0.1) is 0 Å². The maximum absolute atomic E-state index is 5.59. The SMILES string of the molecule is CNC1CCCCC1Cc1nc(C2CC3CCC2C3)no1. The Balaban J connectivity index is 1.42. The molecule has 3 fully saturated rings. The Kier molecular flexibility index (Phi) is 3.74. The van der Waals surface area contributed by atoms with Gasteiger partial charge in [-0.25, -0.2) is 0 Å². The first-order chi connectivity index (χ1) is 10.3. The van der Waals surface area contributed by atoms with E-state index in [1.54, 1.807) is 0 Å². The first-order valence-electron chi connectivity index (χ1n) is 8.83. The highest BCUT2D eigenvalue weighted by Gasteiger charge is 2.42. The van der Waals surface area contributed by atoms with Crippen LogP contribution in [-0.4, -0.2) is 23.2 Å². The number of aromatic nitrogens is 2. The van der Waals surface area contributed by atoms with E-state index in [4.69, 9.17) is 9.51 Å². The Labute approximate surface area is 127 Å².